The quantitative estimate of drug-likeness (QED) is 0.415. The van der Waals surface area contributed by atoms with Crippen molar-refractivity contribution in [3.8, 4) is 10.6 Å². The number of thiazole rings is 1. The standard InChI is InChI=1S/C24H28N2O2S2/c1-3-16-8-7-10-19-23(16)26-24(30-19)22-18-11-12-25-15-21(18)29-20(22)14-17(27)9-5-4-6-13-28-2/h3,7-8,10,25H,1,4-6,9,11-15H2,2H3. The zero-order valence-corrected chi connectivity index (χ0v) is 19.1. The number of fused-ring (bicyclic) bond motifs is 2. The van der Waals surface area contributed by atoms with Gasteiger partial charge in [-0.3, -0.25) is 4.79 Å². The van der Waals surface area contributed by atoms with Crippen LogP contribution in [0.3, 0.4) is 0 Å². The fourth-order valence-corrected chi connectivity index (χ4v) is 6.54. The molecule has 158 valence electrons. The molecular formula is C24H28N2O2S2. The molecular weight excluding hydrogens is 412 g/mol. The molecule has 30 heavy (non-hydrogen) atoms. The van der Waals surface area contributed by atoms with Crippen LogP contribution in [0.5, 0.6) is 0 Å². The van der Waals surface area contributed by atoms with Crippen LogP contribution < -0.4 is 5.32 Å². The maximum Gasteiger partial charge on any atom is 0.138 e. The zero-order chi connectivity index (χ0) is 20.9. The number of ether oxygens (including phenoxy) is 1. The predicted molar refractivity (Wildman–Crippen MR) is 127 cm³/mol. The molecule has 0 radical (unpaired) electrons. The van der Waals surface area contributed by atoms with Gasteiger partial charge in [-0.25, -0.2) is 4.98 Å². The van der Waals surface area contributed by atoms with E-state index in [0.717, 1.165) is 61.5 Å². The number of hydrogen-bond acceptors (Lipinski definition) is 6. The highest BCUT2D eigenvalue weighted by molar-refractivity contribution is 7.22. The fraction of sp³-hybridized carbons (Fsp3) is 0.417. The van der Waals surface area contributed by atoms with Crippen molar-refractivity contribution in [2.45, 2.75) is 45.1 Å². The van der Waals surface area contributed by atoms with Gasteiger partial charge in [0.05, 0.1) is 10.2 Å². The monoisotopic (exact) mass is 440 g/mol. The summed E-state index contributed by atoms with van der Waals surface area (Å²) in [6, 6.07) is 6.23. The minimum Gasteiger partial charge on any atom is -0.385 e. The van der Waals surface area contributed by atoms with Crippen LogP contribution in [-0.4, -0.2) is 31.0 Å². The Hall–Kier alpha value is -1.86. The minimum atomic E-state index is 0.327. The first kappa shape index (κ1) is 21.4. The number of rotatable bonds is 10. The molecule has 2 aromatic heterocycles. The molecule has 1 N–H and O–H groups in total. The SMILES string of the molecule is C=Cc1cccc2sc(-c3c(CC(=O)CCCCCOC)sc4c3CCNC4)nc12. The molecule has 4 rings (SSSR count). The van der Waals surface area contributed by atoms with Gasteiger partial charge in [0.2, 0.25) is 0 Å². The largest absolute Gasteiger partial charge is 0.385 e. The summed E-state index contributed by atoms with van der Waals surface area (Å²) >= 11 is 3.52. The van der Waals surface area contributed by atoms with Crippen LogP contribution in [0.25, 0.3) is 26.9 Å². The Morgan fingerprint density at radius 3 is 3.03 bits per heavy atom. The Bertz CT molecular complexity index is 1050. The summed E-state index contributed by atoms with van der Waals surface area (Å²) < 4.78 is 6.27. The molecule has 0 spiro atoms. The van der Waals surface area contributed by atoms with Gasteiger partial charge in [0.25, 0.3) is 0 Å². The molecule has 1 aromatic carbocycles. The smallest absolute Gasteiger partial charge is 0.138 e. The zero-order valence-electron chi connectivity index (χ0n) is 17.5. The third-order valence-corrected chi connectivity index (χ3v) is 7.82. The molecule has 0 aliphatic carbocycles. The molecule has 4 nitrogen and oxygen atoms in total. The molecule has 0 bridgehead atoms. The van der Waals surface area contributed by atoms with Crippen LogP contribution in [0.2, 0.25) is 0 Å². The Kier molecular flexibility index (Phi) is 7.10. The molecule has 6 heteroatoms. The number of methoxy groups -OCH3 is 1. The van der Waals surface area contributed by atoms with Crippen LogP contribution in [0, 0.1) is 0 Å². The number of carbonyl (C=O) groups is 1. The van der Waals surface area contributed by atoms with Gasteiger partial charge in [-0.1, -0.05) is 31.2 Å². The van der Waals surface area contributed by atoms with Crippen molar-refractivity contribution < 1.29 is 9.53 Å². The van der Waals surface area contributed by atoms with E-state index in [-0.39, 0.29) is 0 Å². The third-order valence-electron chi connectivity index (χ3n) is 5.55. The van der Waals surface area contributed by atoms with E-state index in [9.17, 15) is 4.79 Å². The van der Waals surface area contributed by atoms with E-state index < -0.39 is 0 Å². The van der Waals surface area contributed by atoms with Crippen molar-refractivity contribution in [1.82, 2.24) is 10.3 Å². The third kappa shape index (κ3) is 4.57. The van der Waals surface area contributed by atoms with Gasteiger partial charge in [0, 0.05) is 54.0 Å². The van der Waals surface area contributed by atoms with Crippen LogP contribution >= 0.6 is 22.7 Å². The van der Waals surface area contributed by atoms with Crippen LogP contribution in [-0.2, 0) is 28.9 Å². The van der Waals surface area contributed by atoms with Crippen LogP contribution in [0.4, 0.5) is 0 Å². The van der Waals surface area contributed by atoms with E-state index in [1.54, 1.807) is 29.8 Å². The van der Waals surface area contributed by atoms with Gasteiger partial charge in [-0.05, 0) is 37.4 Å². The van der Waals surface area contributed by atoms with Crippen molar-refractivity contribution in [2.24, 2.45) is 0 Å². The summed E-state index contributed by atoms with van der Waals surface area (Å²) in [5.41, 5.74) is 4.69. The molecule has 1 aliphatic heterocycles. The highest BCUT2D eigenvalue weighted by atomic mass is 32.1. The summed E-state index contributed by atoms with van der Waals surface area (Å²) in [6.07, 6.45) is 7.02. The molecule has 0 unspecified atom stereocenters. The van der Waals surface area contributed by atoms with E-state index in [1.807, 2.05) is 6.08 Å². The van der Waals surface area contributed by atoms with Gasteiger partial charge in [-0.15, -0.1) is 22.7 Å². The lowest BCUT2D eigenvalue weighted by atomic mass is 10.00. The average molecular weight is 441 g/mol. The van der Waals surface area contributed by atoms with Crippen molar-refractivity contribution >= 4 is 44.7 Å². The molecule has 3 aromatic rings. The lowest BCUT2D eigenvalue weighted by Crippen LogP contribution is -2.22. The normalized spacial score (nSPS) is 13.5. The second-order valence-electron chi connectivity index (χ2n) is 7.66. The topological polar surface area (TPSA) is 51.2 Å². The number of para-hydroxylation sites is 1. The van der Waals surface area contributed by atoms with Crippen molar-refractivity contribution in [3.05, 3.63) is 45.7 Å². The first-order chi connectivity index (χ1) is 14.7. The van der Waals surface area contributed by atoms with Gasteiger partial charge in [0.15, 0.2) is 0 Å². The molecule has 3 heterocycles. The number of benzene rings is 1. The van der Waals surface area contributed by atoms with E-state index in [4.69, 9.17) is 9.72 Å². The molecule has 1 aliphatic rings. The Labute approximate surface area is 186 Å². The minimum absolute atomic E-state index is 0.327. The number of hydrogen-bond donors (Lipinski definition) is 1. The van der Waals surface area contributed by atoms with Crippen molar-refractivity contribution in [2.75, 3.05) is 20.3 Å². The summed E-state index contributed by atoms with van der Waals surface area (Å²) in [5, 5.41) is 4.51. The van der Waals surface area contributed by atoms with E-state index >= 15 is 0 Å². The van der Waals surface area contributed by atoms with Crippen molar-refractivity contribution in [3.63, 3.8) is 0 Å². The van der Waals surface area contributed by atoms with E-state index in [0.29, 0.717) is 18.6 Å². The van der Waals surface area contributed by atoms with Gasteiger partial charge >= 0.3 is 0 Å². The fourth-order valence-electron chi connectivity index (χ4n) is 4.02. The van der Waals surface area contributed by atoms with E-state index in [1.165, 1.54) is 25.6 Å². The maximum absolute atomic E-state index is 12.7. The second-order valence-corrected chi connectivity index (χ2v) is 9.89. The summed E-state index contributed by atoms with van der Waals surface area (Å²) in [5.74, 6) is 0.327. The lowest BCUT2D eigenvalue weighted by molar-refractivity contribution is -0.118. The molecule has 0 saturated carbocycles. The number of unbranched alkanes of at least 4 members (excludes halogenated alkanes) is 2. The summed E-state index contributed by atoms with van der Waals surface area (Å²) in [6.45, 7) is 6.57. The van der Waals surface area contributed by atoms with Gasteiger partial charge < -0.3 is 10.1 Å². The van der Waals surface area contributed by atoms with Gasteiger partial charge in [-0.2, -0.15) is 0 Å². The Balaban J connectivity index is 1.62. The molecule has 0 saturated heterocycles. The number of thiophene rings is 1. The molecule has 0 amide bonds. The van der Waals surface area contributed by atoms with Crippen molar-refractivity contribution in [1.29, 1.82) is 0 Å². The number of carbonyl (C=O) groups excluding carboxylic acids is 1. The highest BCUT2D eigenvalue weighted by Crippen LogP contribution is 2.42. The van der Waals surface area contributed by atoms with E-state index in [2.05, 4.69) is 30.1 Å². The first-order valence-corrected chi connectivity index (χ1v) is 12.2. The summed E-state index contributed by atoms with van der Waals surface area (Å²) in [7, 11) is 1.72. The molecule has 0 fully saturated rings. The number of ketones is 1. The summed E-state index contributed by atoms with van der Waals surface area (Å²) in [4.78, 5) is 20.3. The van der Waals surface area contributed by atoms with Crippen LogP contribution in [0.1, 0.15) is 46.6 Å². The number of Topliss-reactive ketones (excluding diaryl/α,β-unsaturated/α-hetero) is 1. The van der Waals surface area contributed by atoms with Gasteiger partial charge in [0.1, 0.15) is 10.8 Å². The average Bonchev–Trinajstić information content (AvgIpc) is 3.33. The second kappa shape index (κ2) is 9.96. The number of nitrogens with one attached hydrogen (secondary N) is 1. The van der Waals surface area contributed by atoms with Crippen LogP contribution in [0.15, 0.2) is 24.8 Å². The Morgan fingerprint density at radius 1 is 1.30 bits per heavy atom. The maximum atomic E-state index is 12.7. The first-order valence-electron chi connectivity index (χ1n) is 10.6. The lowest BCUT2D eigenvalue weighted by Gasteiger charge is -2.13. The molecule has 0 atom stereocenters. The predicted octanol–water partition coefficient (Wildman–Crippen LogP) is 5.63. The highest BCUT2D eigenvalue weighted by Gasteiger charge is 2.25. The number of nitrogens with zero attached hydrogens (tertiary/aromatic N) is 1. The Morgan fingerprint density at radius 2 is 2.20 bits per heavy atom. The number of aromatic nitrogens is 1.